The molecule has 0 bridgehead atoms. The number of carbonyl (C=O) groups excluding carboxylic acids is 1. The molecule has 4 N–H and O–H groups in total. The molecule has 2 fully saturated rings. The van der Waals surface area contributed by atoms with Crippen LogP contribution < -0.4 is 11.4 Å². The minimum Gasteiger partial charge on any atom is -0.393 e. The zero-order valence-electron chi connectivity index (χ0n) is 14.8. The number of piperidine rings is 1. The molecule has 0 aromatic carbocycles. The molecule has 12 nitrogen and oxygen atoms in total. The Balaban J connectivity index is 1.99. The van der Waals surface area contributed by atoms with Crippen LogP contribution >= 0.6 is 0 Å². The number of halogens is 1. The van der Waals surface area contributed by atoms with Crippen LogP contribution in [0.4, 0.5) is 10.2 Å². The average molecular weight is 397 g/mol. The van der Waals surface area contributed by atoms with Crippen molar-refractivity contribution in [1.82, 2.24) is 14.5 Å². The molecular formula is C15H20FN7O5. The van der Waals surface area contributed by atoms with Crippen LogP contribution in [-0.4, -0.2) is 68.3 Å². The molecule has 13 heteroatoms. The molecule has 3 rings (SSSR count). The summed E-state index contributed by atoms with van der Waals surface area (Å²) in [6.45, 7) is 0.0183. The van der Waals surface area contributed by atoms with Gasteiger partial charge in [-0.1, -0.05) is 5.11 Å². The van der Waals surface area contributed by atoms with E-state index in [-0.39, 0.29) is 11.4 Å². The summed E-state index contributed by atoms with van der Waals surface area (Å²) in [4.78, 5) is 32.5. The quantitative estimate of drug-likeness (QED) is 0.353. The van der Waals surface area contributed by atoms with Gasteiger partial charge in [0.2, 0.25) is 5.72 Å². The molecule has 2 aliphatic heterocycles. The van der Waals surface area contributed by atoms with Crippen LogP contribution in [0, 0.1) is 0 Å². The third-order valence-corrected chi connectivity index (χ3v) is 4.93. The van der Waals surface area contributed by atoms with E-state index in [1.807, 2.05) is 0 Å². The summed E-state index contributed by atoms with van der Waals surface area (Å²) >= 11 is 0. The molecule has 0 unspecified atom stereocenters. The van der Waals surface area contributed by atoms with Gasteiger partial charge in [0, 0.05) is 24.2 Å². The third kappa shape index (κ3) is 3.29. The van der Waals surface area contributed by atoms with Gasteiger partial charge in [-0.05, 0) is 24.8 Å². The molecule has 0 aliphatic carbocycles. The molecule has 3 heterocycles. The number of nitrogens with two attached hydrogens (primary N) is 1. The van der Waals surface area contributed by atoms with Gasteiger partial charge in [-0.2, -0.15) is 4.98 Å². The number of nitrogen functional groups attached to an aromatic ring is 1. The molecule has 2 aliphatic rings. The lowest BCUT2D eigenvalue weighted by Gasteiger charge is -2.27. The van der Waals surface area contributed by atoms with Crippen molar-refractivity contribution in [3.63, 3.8) is 0 Å². The molecule has 2 saturated heterocycles. The maximum absolute atomic E-state index is 14.7. The fourth-order valence-electron chi connectivity index (χ4n) is 3.38. The second-order valence-electron chi connectivity index (χ2n) is 6.67. The lowest BCUT2D eigenvalue weighted by atomic mass is 10.1. The van der Waals surface area contributed by atoms with E-state index in [2.05, 4.69) is 15.0 Å². The maximum atomic E-state index is 14.7. The Kier molecular flexibility index (Phi) is 5.52. The Labute approximate surface area is 158 Å². The lowest BCUT2D eigenvalue weighted by molar-refractivity contribution is -0.124. The molecule has 0 radical (unpaired) electrons. The molecule has 4 atom stereocenters. The number of likely N-dealkylation sites (tertiary alicyclic amines) is 1. The van der Waals surface area contributed by atoms with Crippen molar-refractivity contribution in [2.24, 2.45) is 5.11 Å². The van der Waals surface area contributed by atoms with E-state index in [0.29, 0.717) is 17.7 Å². The first-order chi connectivity index (χ1) is 13.3. The normalized spacial score (nSPS) is 30.1. The number of ether oxygens (including phenoxy) is 1. The van der Waals surface area contributed by atoms with Gasteiger partial charge in [-0.15, -0.1) is 0 Å². The summed E-state index contributed by atoms with van der Waals surface area (Å²) in [5.74, 6) is -0.773. The van der Waals surface area contributed by atoms with Crippen molar-refractivity contribution in [3.8, 4) is 0 Å². The Bertz CT molecular complexity index is 867. The largest absolute Gasteiger partial charge is 0.393 e. The van der Waals surface area contributed by atoms with Crippen LogP contribution in [0.5, 0.6) is 0 Å². The molecular weight excluding hydrogens is 377 g/mol. The van der Waals surface area contributed by atoms with Gasteiger partial charge in [0.1, 0.15) is 11.9 Å². The van der Waals surface area contributed by atoms with Crippen molar-refractivity contribution < 1.29 is 24.1 Å². The molecule has 0 spiro atoms. The number of rotatable bonds is 4. The Hall–Kier alpha value is -2.73. The second kappa shape index (κ2) is 7.72. The topological polar surface area (TPSA) is 180 Å². The minimum atomic E-state index is -2.31. The molecule has 28 heavy (non-hydrogen) atoms. The SMILES string of the molecule is [N-]=[N+]=N[C@]1(CO)O[C@@H](n2cc(C(=O)N3CCCCC3)c(N)nc2=O)[C@@H](F)[C@@H]1O. The van der Waals surface area contributed by atoms with Crippen molar-refractivity contribution in [3.05, 3.63) is 32.7 Å². The molecule has 1 aromatic rings. The summed E-state index contributed by atoms with van der Waals surface area (Å²) in [6.07, 6.45) is -2.39. The molecule has 1 amide bonds. The number of carbonyl (C=O) groups is 1. The number of hydrogen-bond acceptors (Lipinski definition) is 8. The van der Waals surface area contributed by atoms with Crippen molar-refractivity contribution in [2.75, 3.05) is 25.4 Å². The van der Waals surface area contributed by atoms with E-state index >= 15 is 0 Å². The number of alkyl halides is 1. The molecule has 1 aromatic heterocycles. The lowest BCUT2D eigenvalue weighted by Crippen LogP contribution is -2.43. The van der Waals surface area contributed by atoms with E-state index < -0.39 is 42.4 Å². The van der Waals surface area contributed by atoms with Crippen molar-refractivity contribution >= 4 is 11.7 Å². The average Bonchev–Trinajstić information content (AvgIpc) is 2.94. The number of nitrogens with zero attached hydrogens (tertiary/aromatic N) is 6. The highest BCUT2D eigenvalue weighted by Crippen LogP contribution is 2.39. The van der Waals surface area contributed by atoms with Gasteiger partial charge in [-0.3, -0.25) is 9.36 Å². The molecule has 152 valence electrons. The Morgan fingerprint density at radius 2 is 2.18 bits per heavy atom. The van der Waals surface area contributed by atoms with Gasteiger partial charge in [0.15, 0.2) is 12.4 Å². The zero-order valence-corrected chi connectivity index (χ0v) is 14.8. The number of aromatic nitrogens is 2. The zero-order chi connectivity index (χ0) is 20.5. The van der Waals surface area contributed by atoms with Crippen LogP contribution in [0.25, 0.3) is 10.4 Å². The van der Waals surface area contributed by atoms with E-state index in [1.54, 1.807) is 4.90 Å². The number of aliphatic hydroxyl groups is 2. The van der Waals surface area contributed by atoms with E-state index in [1.165, 1.54) is 0 Å². The maximum Gasteiger partial charge on any atom is 0.351 e. The predicted octanol–water partition coefficient (Wildman–Crippen LogP) is -0.322. The van der Waals surface area contributed by atoms with Crippen LogP contribution in [-0.2, 0) is 4.74 Å². The van der Waals surface area contributed by atoms with Crippen molar-refractivity contribution in [2.45, 2.75) is 43.5 Å². The number of hydrogen-bond donors (Lipinski definition) is 3. The first-order valence-corrected chi connectivity index (χ1v) is 8.69. The van der Waals surface area contributed by atoms with Gasteiger partial charge in [0.25, 0.3) is 5.91 Å². The summed E-state index contributed by atoms with van der Waals surface area (Å²) < 4.78 is 20.5. The number of amides is 1. The fourth-order valence-corrected chi connectivity index (χ4v) is 3.38. The van der Waals surface area contributed by atoms with Crippen molar-refractivity contribution in [1.29, 1.82) is 0 Å². The van der Waals surface area contributed by atoms with Gasteiger partial charge in [-0.25, -0.2) is 9.18 Å². The minimum absolute atomic E-state index is 0.114. The van der Waals surface area contributed by atoms with Crippen LogP contribution in [0.3, 0.4) is 0 Å². The number of anilines is 1. The Morgan fingerprint density at radius 1 is 1.50 bits per heavy atom. The predicted molar refractivity (Wildman–Crippen MR) is 92.7 cm³/mol. The second-order valence-corrected chi connectivity index (χ2v) is 6.67. The summed E-state index contributed by atoms with van der Waals surface area (Å²) in [7, 11) is 0. The van der Waals surface area contributed by atoms with Gasteiger partial charge < -0.3 is 25.6 Å². The fraction of sp³-hybridized carbons (Fsp3) is 0.667. The van der Waals surface area contributed by atoms with Gasteiger partial charge in [0.05, 0.1) is 12.2 Å². The standard InChI is InChI=1S/C15H20FN7O5/c16-9-10(25)15(7-24,20-21-18)28-13(9)23-6-8(11(17)19-14(23)27)12(26)22-4-2-1-3-5-22/h6,9-10,13,24-25H,1-5,7H2,(H2,17,19,27)/t9-,10-,13+,15+/m0/s1. The highest BCUT2D eigenvalue weighted by molar-refractivity contribution is 5.98. The smallest absolute Gasteiger partial charge is 0.351 e. The monoisotopic (exact) mass is 397 g/mol. The number of aliphatic hydroxyl groups excluding tert-OH is 2. The number of azide groups is 1. The summed E-state index contributed by atoms with van der Waals surface area (Å²) in [6, 6.07) is 0. The first-order valence-electron chi connectivity index (χ1n) is 8.69. The van der Waals surface area contributed by atoms with Gasteiger partial charge >= 0.3 is 5.69 Å². The van der Waals surface area contributed by atoms with E-state index in [9.17, 15) is 24.2 Å². The highest BCUT2D eigenvalue weighted by atomic mass is 19.1. The summed E-state index contributed by atoms with van der Waals surface area (Å²) in [5, 5.41) is 22.6. The van der Waals surface area contributed by atoms with Crippen LogP contribution in [0.2, 0.25) is 0 Å². The third-order valence-electron chi connectivity index (χ3n) is 4.93. The van der Waals surface area contributed by atoms with E-state index in [0.717, 1.165) is 25.5 Å². The Morgan fingerprint density at radius 3 is 2.79 bits per heavy atom. The molecule has 0 saturated carbocycles. The first kappa shape index (κ1) is 20.0. The van der Waals surface area contributed by atoms with Crippen LogP contribution in [0.15, 0.2) is 16.1 Å². The summed E-state index contributed by atoms with van der Waals surface area (Å²) in [5.41, 5.74) is 10.9. The van der Waals surface area contributed by atoms with Crippen LogP contribution in [0.1, 0.15) is 35.8 Å². The highest BCUT2D eigenvalue weighted by Gasteiger charge is 2.56. The van der Waals surface area contributed by atoms with E-state index in [4.69, 9.17) is 16.0 Å².